The van der Waals surface area contributed by atoms with Crippen molar-refractivity contribution in [2.75, 3.05) is 7.11 Å². The third kappa shape index (κ3) is 2.37. The Labute approximate surface area is 93.7 Å². The van der Waals surface area contributed by atoms with E-state index in [1.165, 1.54) is 7.11 Å². The van der Waals surface area contributed by atoms with E-state index < -0.39 is 17.8 Å². The average Bonchev–Trinajstić information content (AvgIpc) is 2.36. The summed E-state index contributed by atoms with van der Waals surface area (Å²) in [6, 6.07) is 12.5. The van der Waals surface area contributed by atoms with E-state index >= 15 is 0 Å². The smallest absolute Gasteiger partial charge is 0.324 e. The zero-order chi connectivity index (χ0) is 12.0. The van der Waals surface area contributed by atoms with Crippen molar-refractivity contribution in [2.45, 2.75) is 5.92 Å². The second-order valence-electron chi connectivity index (χ2n) is 3.15. The van der Waals surface area contributed by atoms with Gasteiger partial charge in [0.15, 0.2) is 5.92 Å². The van der Waals surface area contributed by atoms with Gasteiger partial charge in [0.05, 0.1) is 25.2 Å². The maximum atomic E-state index is 11.3. The van der Waals surface area contributed by atoms with Gasteiger partial charge in [-0.15, -0.1) is 0 Å². The van der Waals surface area contributed by atoms with E-state index in [1.54, 1.807) is 36.4 Å². The highest BCUT2D eigenvalue weighted by Gasteiger charge is 2.30. The Bertz CT molecular complexity index is 442. The summed E-state index contributed by atoms with van der Waals surface area (Å²) in [6.07, 6.45) is 0. The number of benzene rings is 1. The van der Waals surface area contributed by atoms with Gasteiger partial charge in [-0.3, -0.25) is 4.79 Å². The van der Waals surface area contributed by atoms with Gasteiger partial charge in [0.25, 0.3) is 0 Å². The highest BCUT2D eigenvalue weighted by atomic mass is 16.5. The van der Waals surface area contributed by atoms with Crippen LogP contribution in [0.3, 0.4) is 0 Å². The molecule has 1 aromatic carbocycles. The van der Waals surface area contributed by atoms with Crippen LogP contribution in [-0.2, 0) is 9.53 Å². The quantitative estimate of drug-likeness (QED) is 0.716. The molecule has 1 rings (SSSR count). The Morgan fingerprint density at radius 1 is 1.25 bits per heavy atom. The average molecular weight is 214 g/mol. The number of ether oxygens (including phenoxy) is 1. The van der Waals surface area contributed by atoms with Gasteiger partial charge < -0.3 is 4.74 Å². The van der Waals surface area contributed by atoms with Crippen molar-refractivity contribution in [1.82, 2.24) is 0 Å². The Balaban J connectivity index is 3.04. The second kappa shape index (κ2) is 5.53. The lowest BCUT2D eigenvalue weighted by Crippen LogP contribution is -2.21. The zero-order valence-corrected chi connectivity index (χ0v) is 8.75. The molecule has 0 amide bonds. The van der Waals surface area contributed by atoms with Crippen molar-refractivity contribution < 1.29 is 9.53 Å². The fraction of sp³-hybridized carbons (Fsp3) is 0.250. The molecule has 0 saturated heterocycles. The molecule has 4 nitrogen and oxygen atoms in total. The largest absolute Gasteiger partial charge is 0.468 e. The van der Waals surface area contributed by atoms with E-state index in [2.05, 4.69) is 4.74 Å². The standard InChI is InChI=1S/C12H10N2O2/c1-16-12(15)11(8-14)10(7-13)9-5-3-2-4-6-9/h2-6,10-11H,1H3/t10-,11-/m0/s1. The molecule has 0 fully saturated rings. The van der Waals surface area contributed by atoms with Crippen molar-refractivity contribution in [3.63, 3.8) is 0 Å². The third-order valence-corrected chi connectivity index (χ3v) is 2.23. The van der Waals surface area contributed by atoms with Gasteiger partial charge in [-0.1, -0.05) is 30.3 Å². The molecule has 0 bridgehead atoms. The first-order valence-electron chi connectivity index (χ1n) is 4.66. The molecule has 0 aliphatic carbocycles. The summed E-state index contributed by atoms with van der Waals surface area (Å²) < 4.78 is 4.49. The lowest BCUT2D eigenvalue weighted by atomic mass is 9.88. The van der Waals surface area contributed by atoms with Crippen LogP contribution in [0.4, 0.5) is 0 Å². The first-order chi connectivity index (χ1) is 7.74. The fourth-order valence-electron chi connectivity index (χ4n) is 1.39. The van der Waals surface area contributed by atoms with Crippen LogP contribution in [0.15, 0.2) is 30.3 Å². The fourth-order valence-corrected chi connectivity index (χ4v) is 1.39. The third-order valence-electron chi connectivity index (χ3n) is 2.23. The van der Waals surface area contributed by atoms with Crippen molar-refractivity contribution >= 4 is 5.97 Å². The first-order valence-corrected chi connectivity index (χ1v) is 4.66. The zero-order valence-electron chi connectivity index (χ0n) is 8.75. The number of rotatable bonds is 3. The predicted molar refractivity (Wildman–Crippen MR) is 55.9 cm³/mol. The van der Waals surface area contributed by atoms with E-state index in [1.807, 2.05) is 6.07 Å². The summed E-state index contributed by atoms with van der Waals surface area (Å²) in [7, 11) is 1.20. The predicted octanol–water partition coefficient (Wildman–Crippen LogP) is 1.61. The molecule has 0 spiro atoms. The molecule has 0 aliphatic rings. The van der Waals surface area contributed by atoms with Gasteiger partial charge in [0.2, 0.25) is 0 Å². The summed E-state index contributed by atoms with van der Waals surface area (Å²) in [5.41, 5.74) is 0.641. The summed E-state index contributed by atoms with van der Waals surface area (Å²) in [5, 5.41) is 17.9. The minimum absolute atomic E-state index is 0.641. The topological polar surface area (TPSA) is 73.9 Å². The van der Waals surface area contributed by atoms with Gasteiger partial charge in [-0.25, -0.2) is 0 Å². The van der Waals surface area contributed by atoms with E-state index in [0.29, 0.717) is 5.56 Å². The van der Waals surface area contributed by atoms with Gasteiger partial charge in [0.1, 0.15) is 0 Å². The van der Waals surface area contributed by atoms with Crippen LogP contribution in [0.1, 0.15) is 11.5 Å². The number of methoxy groups -OCH3 is 1. The summed E-state index contributed by atoms with van der Waals surface area (Å²) in [6.45, 7) is 0. The molecule has 0 aliphatic heterocycles. The molecule has 0 heterocycles. The molecule has 2 atom stereocenters. The van der Waals surface area contributed by atoms with Crippen molar-refractivity contribution in [3.05, 3.63) is 35.9 Å². The van der Waals surface area contributed by atoms with E-state index in [-0.39, 0.29) is 0 Å². The van der Waals surface area contributed by atoms with Crippen LogP contribution in [0.25, 0.3) is 0 Å². The molecular formula is C12H10N2O2. The van der Waals surface area contributed by atoms with Gasteiger partial charge in [-0.2, -0.15) is 10.5 Å². The first kappa shape index (κ1) is 11.7. The minimum Gasteiger partial charge on any atom is -0.468 e. The Morgan fingerprint density at radius 3 is 2.31 bits per heavy atom. The Kier molecular flexibility index (Phi) is 4.06. The number of hydrogen-bond acceptors (Lipinski definition) is 4. The number of carbonyl (C=O) groups is 1. The SMILES string of the molecule is COC(=O)[C@@H](C#N)[C@@H](C#N)c1ccccc1. The van der Waals surface area contributed by atoms with E-state index in [4.69, 9.17) is 10.5 Å². The summed E-state index contributed by atoms with van der Waals surface area (Å²) in [4.78, 5) is 11.3. The van der Waals surface area contributed by atoms with Crippen LogP contribution < -0.4 is 0 Å². The number of nitrogens with zero attached hydrogens (tertiary/aromatic N) is 2. The molecule has 0 radical (unpaired) electrons. The van der Waals surface area contributed by atoms with Crippen LogP contribution in [0.5, 0.6) is 0 Å². The maximum absolute atomic E-state index is 11.3. The number of esters is 1. The molecule has 0 saturated carbocycles. The molecule has 1 aromatic rings. The van der Waals surface area contributed by atoms with Crippen molar-refractivity contribution in [1.29, 1.82) is 10.5 Å². The lowest BCUT2D eigenvalue weighted by Gasteiger charge is -2.13. The van der Waals surface area contributed by atoms with Crippen molar-refractivity contribution in [2.24, 2.45) is 5.92 Å². The number of hydrogen-bond donors (Lipinski definition) is 0. The monoisotopic (exact) mass is 214 g/mol. The Hall–Kier alpha value is -2.33. The van der Waals surface area contributed by atoms with Crippen LogP contribution in [-0.4, -0.2) is 13.1 Å². The molecule has 80 valence electrons. The summed E-state index contributed by atoms with van der Waals surface area (Å²) in [5.74, 6) is -2.56. The highest BCUT2D eigenvalue weighted by Crippen LogP contribution is 2.24. The number of nitriles is 2. The summed E-state index contributed by atoms with van der Waals surface area (Å²) >= 11 is 0. The lowest BCUT2D eigenvalue weighted by molar-refractivity contribution is -0.143. The van der Waals surface area contributed by atoms with Gasteiger partial charge >= 0.3 is 5.97 Å². The van der Waals surface area contributed by atoms with Gasteiger partial charge in [0, 0.05) is 0 Å². The molecular weight excluding hydrogens is 204 g/mol. The molecule has 0 aromatic heterocycles. The van der Waals surface area contributed by atoms with Crippen LogP contribution in [0.2, 0.25) is 0 Å². The Morgan fingerprint density at radius 2 is 1.88 bits per heavy atom. The van der Waals surface area contributed by atoms with E-state index in [0.717, 1.165) is 0 Å². The molecule has 4 heteroatoms. The van der Waals surface area contributed by atoms with E-state index in [9.17, 15) is 4.79 Å². The molecule has 0 N–H and O–H groups in total. The van der Waals surface area contributed by atoms with Crippen LogP contribution in [0, 0.1) is 28.6 Å². The maximum Gasteiger partial charge on any atom is 0.324 e. The minimum atomic E-state index is -1.09. The number of carbonyl (C=O) groups excluding carboxylic acids is 1. The van der Waals surface area contributed by atoms with Gasteiger partial charge in [-0.05, 0) is 5.56 Å². The van der Waals surface area contributed by atoms with Crippen LogP contribution >= 0.6 is 0 Å². The van der Waals surface area contributed by atoms with Crippen molar-refractivity contribution in [3.8, 4) is 12.1 Å². The highest BCUT2D eigenvalue weighted by molar-refractivity contribution is 5.77. The normalized spacial score (nSPS) is 12.9. The molecule has 16 heavy (non-hydrogen) atoms. The second-order valence-corrected chi connectivity index (χ2v) is 3.15. The molecule has 0 unspecified atom stereocenters.